The Bertz CT molecular complexity index is 119. The third kappa shape index (κ3) is 11.8. The number of hydrogen-bond donors (Lipinski definition) is 4. The largest absolute Gasteiger partial charge is 0.330 e. The van der Waals surface area contributed by atoms with Crippen molar-refractivity contribution >= 4 is 0 Å². The first-order valence-electron chi connectivity index (χ1n) is 6.17. The van der Waals surface area contributed by atoms with Crippen LogP contribution in [0.5, 0.6) is 0 Å². The van der Waals surface area contributed by atoms with Crippen LogP contribution in [0.25, 0.3) is 0 Å². The summed E-state index contributed by atoms with van der Waals surface area (Å²) in [5.74, 6) is 0. The summed E-state index contributed by atoms with van der Waals surface area (Å²) in [5, 5.41) is 3.35. The van der Waals surface area contributed by atoms with E-state index in [9.17, 15) is 0 Å². The molecule has 0 bridgehead atoms. The molecule has 0 aliphatic carbocycles. The highest BCUT2D eigenvalue weighted by atomic mass is 14.8. The molecule has 0 spiro atoms. The molecular weight excluding hydrogens is 188 g/mol. The minimum atomic E-state index is 0.354. The molecule has 0 saturated carbocycles. The third-order valence-corrected chi connectivity index (χ3v) is 2.52. The summed E-state index contributed by atoms with van der Waals surface area (Å²) in [5.41, 5.74) is 16.8. The fourth-order valence-electron chi connectivity index (χ4n) is 1.54. The Kier molecular flexibility index (Phi) is 11.8. The van der Waals surface area contributed by atoms with Crippen LogP contribution < -0.4 is 22.5 Å². The third-order valence-electron chi connectivity index (χ3n) is 2.52. The summed E-state index contributed by atoms with van der Waals surface area (Å²) in [6.45, 7) is 3.64. The van der Waals surface area contributed by atoms with E-state index in [1.165, 1.54) is 0 Å². The summed E-state index contributed by atoms with van der Waals surface area (Å²) in [6, 6.07) is 0.354. The molecule has 0 fully saturated rings. The SMILES string of the molecule is NCCCCC(N)CCCNCCCN. The zero-order valence-corrected chi connectivity index (χ0v) is 9.88. The second-order valence-corrected chi connectivity index (χ2v) is 4.08. The number of unbranched alkanes of at least 4 members (excludes halogenated alkanes) is 1. The molecule has 0 aromatic heterocycles. The summed E-state index contributed by atoms with van der Waals surface area (Å²) in [7, 11) is 0. The lowest BCUT2D eigenvalue weighted by Gasteiger charge is -2.11. The number of nitrogens with two attached hydrogens (primary N) is 3. The van der Waals surface area contributed by atoms with Gasteiger partial charge in [0.2, 0.25) is 0 Å². The van der Waals surface area contributed by atoms with Gasteiger partial charge in [0.25, 0.3) is 0 Å². The van der Waals surface area contributed by atoms with Crippen molar-refractivity contribution in [2.24, 2.45) is 17.2 Å². The van der Waals surface area contributed by atoms with Gasteiger partial charge in [-0.05, 0) is 58.3 Å². The van der Waals surface area contributed by atoms with Crippen LogP contribution in [0.15, 0.2) is 0 Å². The van der Waals surface area contributed by atoms with E-state index >= 15 is 0 Å². The highest BCUT2D eigenvalue weighted by Crippen LogP contribution is 2.03. The molecule has 0 saturated heterocycles. The first-order chi connectivity index (χ1) is 7.31. The van der Waals surface area contributed by atoms with E-state index in [1.54, 1.807) is 0 Å². The maximum Gasteiger partial charge on any atom is 0.00393 e. The summed E-state index contributed by atoms with van der Waals surface area (Å²) < 4.78 is 0. The normalized spacial score (nSPS) is 13.0. The van der Waals surface area contributed by atoms with Crippen molar-refractivity contribution in [1.82, 2.24) is 5.32 Å². The van der Waals surface area contributed by atoms with Crippen molar-refractivity contribution in [2.75, 3.05) is 26.2 Å². The molecule has 1 unspecified atom stereocenters. The molecule has 0 radical (unpaired) electrons. The van der Waals surface area contributed by atoms with Crippen LogP contribution >= 0.6 is 0 Å². The van der Waals surface area contributed by atoms with Gasteiger partial charge >= 0.3 is 0 Å². The molecule has 0 heterocycles. The molecule has 0 aliphatic heterocycles. The average molecular weight is 216 g/mol. The Labute approximate surface area is 94.0 Å². The molecule has 0 aromatic rings. The van der Waals surface area contributed by atoms with Gasteiger partial charge in [0.15, 0.2) is 0 Å². The van der Waals surface area contributed by atoms with Gasteiger partial charge in [0, 0.05) is 6.04 Å². The van der Waals surface area contributed by atoms with E-state index in [0.29, 0.717) is 6.04 Å². The van der Waals surface area contributed by atoms with Crippen molar-refractivity contribution in [3.05, 3.63) is 0 Å². The van der Waals surface area contributed by atoms with Gasteiger partial charge in [-0.3, -0.25) is 0 Å². The van der Waals surface area contributed by atoms with E-state index in [-0.39, 0.29) is 0 Å². The fourth-order valence-corrected chi connectivity index (χ4v) is 1.54. The van der Waals surface area contributed by atoms with Crippen LogP contribution in [-0.4, -0.2) is 32.2 Å². The van der Waals surface area contributed by atoms with Crippen molar-refractivity contribution in [3.63, 3.8) is 0 Å². The van der Waals surface area contributed by atoms with Gasteiger partial charge in [-0.15, -0.1) is 0 Å². The van der Waals surface area contributed by atoms with Gasteiger partial charge in [-0.2, -0.15) is 0 Å². The van der Waals surface area contributed by atoms with Crippen LogP contribution in [0.3, 0.4) is 0 Å². The predicted molar refractivity (Wildman–Crippen MR) is 66.7 cm³/mol. The van der Waals surface area contributed by atoms with Crippen molar-refractivity contribution in [3.8, 4) is 0 Å². The Hall–Kier alpha value is -0.160. The van der Waals surface area contributed by atoms with E-state index in [2.05, 4.69) is 5.32 Å². The standard InChI is InChI=1S/C11H28N4/c12-7-2-1-5-11(14)6-3-9-15-10-4-8-13/h11,15H,1-10,12-14H2. The van der Waals surface area contributed by atoms with Gasteiger partial charge in [-0.1, -0.05) is 6.42 Å². The molecule has 1 atom stereocenters. The molecule has 0 rings (SSSR count). The molecule has 15 heavy (non-hydrogen) atoms. The Morgan fingerprint density at radius 1 is 0.800 bits per heavy atom. The highest BCUT2D eigenvalue weighted by molar-refractivity contribution is 4.62. The molecule has 92 valence electrons. The van der Waals surface area contributed by atoms with Crippen LogP contribution in [0.1, 0.15) is 38.5 Å². The zero-order chi connectivity index (χ0) is 11.4. The van der Waals surface area contributed by atoms with E-state index in [1.807, 2.05) is 0 Å². The van der Waals surface area contributed by atoms with Crippen LogP contribution in [0.2, 0.25) is 0 Å². The summed E-state index contributed by atoms with van der Waals surface area (Å²) in [4.78, 5) is 0. The lowest BCUT2D eigenvalue weighted by atomic mass is 10.1. The van der Waals surface area contributed by atoms with Crippen molar-refractivity contribution in [2.45, 2.75) is 44.6 Å². The molecule has 7 N–H and O–H groups in total. The second kappa shape index (κ2) is 11.9. The smallest absolute Gasteiger partial charge is 0.00393 e. The Balaban J connectivity index is 3.06. The second-order valence-electron chi connectivity index (χ2n) is 4.08. The molecule has 0 aliphatic rings. The average Bonchev–Trinajstić information content (AvgIpc) is 2.23. The topological polar surface area (TPSA) is 90.1 Å². The van der Waals surface area contributed by atoms with Crippen LogP contribution in [-0.2, 0) is 0 Å². The van der Waals surface area contributed by atoms with Crippen molar-refractivity contribution < 1.29 is 0 Å². The van der Waals surface area contributed by atoms with E-state index in [4.69, 9.17) is 17.2 Å². The Morgan fingerprint density at radius 3 is 2.07 bits per heavy atom. The molecule has 4 heteroatoms. The molecular formula is C11H28N4. The summed E-state index contributed by atoms with van der Waals surface area (Å²) in [6.07, 6.45) is 6.71. The molecule has 0 aromatic carbocycles. The van der Waals surface area contributed by atoms with E-state index < -0.39 is 0 Å². The number of hydrogen-bond acceptors (Lipinski definition) is 4. The highest BCUT2D eigenvalue weighted by Gasteiger charge is 2.01. The first-order valence-corrected chi connectivity index (χ1v) is 6.17. The molecule has 0 amide bonds. The van der Waals surface area contributed by atoms with Gasteiger partial charge in [0.05, 0.1) is 0 Å². The van der Waals surface area contributed by atoms with Crippen molar-refractivity contribution in [1.29, 1.82) is 0 Å². The van der Waals surface area contributed by atoms with Gasteiger partial charge in [-0.25, -0.2) is 0 Å². The number of nitrogens with one attached hydrogen (secondary N) is 1. The van der Waals surface area contributed by atoms with Crippen LogP contribution in [0, 0.1) is 0 Å². The van der Waals surface area contributed by atoms with Crippen LogP contribution in [0.4, 0.5) is 0 Å². The van der Waals surface area contributed by atoms with E-state index in [0.717, 1.165) is 64.7 Å². The van der Waals surface area contributed by atoms with Gasteiger partial charge in [0.1, 0.15) is 0 Å². The fraction of sp³-hybridized carbons (Fsp3) is 1.00. The number of rotatable bonds is 11. The Morgan fingerprint density at radius 2 is 1.40 bits per heavy atom. The monoisotopic (exact) mass is 216 g/mol. The lowest BCUT2D eigenvalue weighted by molar-refractivity contribution is 0.502. The maximum atomic E-state index is 5.97. The molecule has 4 nitrogen and oxygen atoms in total. The quantitative estimate of drug-likeness (QED) is 0.370. The zero-order valence-electron chi connectivity index (χ0n) is 9.88. The minimum Gasteiger partial charge on any atom is -0.330 e. The van der Waals surface area contributed by atoms with Gasteiger partial charge < -0.3 is 22.5 Å². The minimum absolute atomic E-state index is 0.354. The first kappa shape index (κ1) is 14.8. The lowest BCUT2D eigenvalue weighted by Crippen LogP contribution is -2.24. The maximum absolute atomic E-state index is 5.97. The predicted octanol–water partition coefficient (Wildman–Crippen LogP) is 0.161. The summed E-state index contributed by atoms with van der Waals surface area (Å²) >= 11 is 0.